The molecule has 3 aromatic heterocycles. The number of aromatic amines is 1. The highest BCUT2D eigenvalue weighted by Gasteiger charge is 2.11. The maximum absolute atomic E-state index is 4.58. The number of H-pyrrole nitrogens is 1. The number of rotatable bonds is 4. The maximum Gasteiger partial charge on any atom is 0.139 e. The highest BCUT2D eigenvalue weighted by atomic mass is 15.0. The number of pyridine rings is 2. The van der Waals surface area contributed by atoms with Crippen LogP contribution in [-0.2, 0) is 0 Å². The minimum absolute atomic E-state index is 0.176. The van der Waals surface area contributed by atoms with Crippen molar-refractivity contribution >= 4 is 16.9 Å². The van der Waals surface area contributed by atoms with Crippen LogP contribution >= 0.6 is 0 Å². The molecular formula is C16H18N4. The number of anilines is 1. The van der Waals surface area contributed by atoms with Gasteiger partial charge in [-0.1, -0.05) is 6.92 Å². The Bertz CT molecular complexity index is 717. The lowest BCUT2D eigenvalue weighted by molar-refractivity contribution is 0.718. The fourth-order valence-electron chi connectivity index (χ4n) is 2.32. The third-order valence-corrected chi connectivity index (χ3v) is 3.43. The number of nitrogens with one attached hydrogen (secondary N) is 2. The first kappa shape index (κ1) is 12.7. The van der Waals surface area contributed by atoms with Crippen molar-refractivity contribution in [3.8, 4) is 0 Å². The molecule has 3 rings (SSSR count). The van der Waals surface area contributed by atoms with Crippen molar-refractivity contribution in [3.63, 3.8) is 0 Å². The van der Waals surface area contributed by atoms with E-state index < -0.39 is 0 Å². The van der Waals surface area contributed by atoms with E-state index in [2.05, 4.69) is 46.2 Å². The molecule has 1 unspecified atom stereocenters. The second-order valence-corrected chi connectivity index (χ2v) is 4.98. The molecule has 2 N–H and O–H groups in total. The average molecular weight is 266 g/mol. The van der Waals surface area contributed by atoms with E-state index in [1.54, 1.807) is 0 Å². The Kier molecular flexibility index (Phi) is 3.37. The van der Waals surface area contributed by atoms with Crippen molar-refractivity contribution in [2.24, 2.45) is 0 Å². The van der Waals surface area contributed by atoms with Gasteiger partial charge in [0.05, 0.1) is 11.7 Å². The van der Waals surface area contributed by atoms with E-state index in [0.29, 0.717) is 0 Å². The molecule has 20 heavy (non-hydrogen) atoms. The van der Waals surface area contributed by atoms with Gasteiger partial charge in [0.1, 0.15) is 11.5 Å². The third kappa shape index (κ3) is 2.50. The molecule has 4 heteroatoms. The number of nitrogens with zero attached hydrogens (tertiary/aromatic N) is 2. The summed E-state index contributed by atoms with van der Waals surface area (Å²) in [5, 5.41) is 4.58. The summed E-state index contributed by atoms with van der Waals surface area (Å²) in [5.74, 6) is 0.870. The van der Waals surface area contributed by atoms with Gasteiger partial charge in [-0.05, 0) is 49.2 Å². The first-order valence-corrected chi connectivity index (χ1v) is 6.89. The second-order valence-electron chi connectivity index (χ2n) is 4.98. The van der Waals surface area contributed by atoms with Gasteiger partial charge < -0.3 is 10.3 Å². The van der Waals surface area contributed by atoms with Crippen molar-refractivity contribution in [2.45, 2.75) is 26.3 Å². The van der Waals surface area contributed by atoms with Crippen LogP contribution in [0.4, 0.5) is 5.82 Å². The van der Waals surface area contributed by atoms with Gasteiger partial charge in [-0.25, -0.2) is 4.98 Å². The summed E-state index contributed by atoms with van der Waals surface area (Å²) in [4.78, 5) is 12.2. The van der Waals surface area contributed by atoms with Crippen LogP contribution < -0.4 is 5.32 Å². The molecule has 0 aromatic carbocycles. The van der Waals surface area contributed by atoms with Crippen LogP contribution in [0.15, 0.2) is 42.7 Å². The van der Waals surface area contributed by atoms with Crippen molar-refractivity contribution in [1.29, 1.82) is 0 Å². The van der Waals surface area contributed by atoms with Crippen molar-refractivity contribution in [3.05, 3.63) is 54.0 Å². The quantitative estimate of drug-likeness (QED) is 0.754. The monoisotopic (exact) mass is 266 g/mol. The number of aromatic nitrogens is 3. The number of aryl methyl sites for hydroxylation is 1. The summed E-state index contributed by atoms with van der Waals surface area (Å²) in [5.41, 5.74) is 3.19. The lowest BCUT2D eigenvalue weighted by Gasteiger charge is -2.17. The summed E-state index contributed by atoms with van der Waals surface area (Å²) < 4.78 is 0. The zero-order valence-corrected chi connectivity index (χ0v) is 11.7. The standard InChI is InChI=1S/C16H18N4/c1-3-13(14-10-11(2)6-8-17-14)19-15-5-4-12-7-9-18-16(12)20-15/h4-10,13H,3H2,1-2H3,(H2,18,19,20). The fourth-order valence-corrected chi connectivity index (χ4v) is 2.32. The molecule has 0 bridgehead atoms. The van der Waals surface area contributed by atoms with Gasteiger partial charge in [-0.15, -0.1) is 0 Å². The predicted octanol–water partition coefficient (Wildman–Crippen LogP) is 3.83. The highest BCUT2D eigenvalue weighted by molar-refractivity contribution is 5.77. The van der Waals surface area contributed by atoms with E-state index in [4.69, 9.17) is 0 Å². The summed E-state index contributed by atoms with van der Waals surface area (Å²) in [6.45, 7) is 4.23. The largest absolute Gasteiger partial charge is 0.362 e. The molecule has 0 aliphatic carbocycles. The Morgan fingerprint density at radius 2 is 2.15 bits per heavy atom. The molecule has 0 spiro atoms. The minimum Gasteiger partial charge on any atom is -0.362 e. The Hall–Kier alpha value is -2.36. The van der Waals surface area contributed by atoms with E-state index in [1.165, 1.54) is 5.56 Å². The van der Waals surface area contributed by atoms with Crippen LogP contribution in [0.1, 0.15) is 30.6 Å². The van der Waals surface area contributed by atoms with Gasteiger partial charge in [0.15, 0.2) is 0 Å². The van der Waals surface area contributed by atoms with Gasteiger partial charge in [-0.2, -0.15) is 0 Å². The topological polar surface area (TPSA) is 53.6 Å². The molecule has 0 saturated carbocycles. The first-order valence-electron chi connectivity index (χ1n) is 6.89. The zero-order valence-electron chi connectivity index (χ0n) is 11.7. The number of hydrogen-bond donors (Lipinski definition) is 2. The van der Waals surface area contributed by atoms with E-state index in [0.717, 1.165) is 29.0 Å². The molecule has 0 fully saturated rings. The van der Waals surface area contributed by atoms with E-state index in [1.807, 2.05) is 30.6 Å². The summed E-state index contributed by atoms with van der Waals surface area (Å²) in [6.07, 6.45) is 4.72. The Labute approximate surface area is 118 Å². The zero-order chi connectivity index (χ0) is 13.9. The molecule has 3 heterocycles. The molecule has 0 saturated heterocycles. The molecule has 102 valence electrons. The van der Waals surface area contributed by atoms with Crippen LogP contribution in [0.5, 0.6) is 0 Å². The number of fused-ring (bicyclic) bond motifs is 1. The molecule has 0 radical (unpaired) electrons. The van der Waals surface area contributed by atoms with Crippen LogP contribution in [0.25, 0.3) is 11.0 Å². The van der Waals surface area contributed by atoms with Crippen molar-refractivity contribution < 1.29 is 0 Å². The lowest BCUT2D eigenvalue weighted by Crippen LogP contribution is -2.12. The predicted molar refractivity (Wildman–Crippen MR) is 81.7 cm³/mol. The van der Waals surface area contributed by atoms with E-state index in [9.17, 15) is 0 Å². The highest BCUT2D eigenvalue weighted by Crippen LogP contribution is 2.22. The minimum atomic E-state index is 0.176. The Morgan fingerprint density at radius 3 is 2.95 bits per heavy atom. The third-order valence-electron chi connectivity index (χ3n) is 3.43. The van der Waals surface area contributed by atoms with Crippen LogP contribution in [0.2, 0.25) is 0 Å². The van der Waals surface area contributed by atoms with E-state index >= 15 is 0 Å². The average Bonchev–Trinajstić information content (AvgIpc) is 2.92. The van der Waals surface area contributed by atoms with Crippen molar-refractivity contribution in [2.75, 3.05) is 5.32 Å². The van der Waals surface area contributed by atoms with Gasteiger partial charge in [0, 0.05) is 17.8 Å². The summed E-state index contributed by atoms with van der Waals surface area (Å²) in [7, 11) is 0. The number of hydrogen-bond acceptors (Lipinski definition) is 3. The van der Waals surface area contributed by atoms with Gasteiger partial charge >= 0.3 is 0 Å². The SMILES string of the molecule is CCC(Nc1ccc2cc[nH]c2n1)c1cc(C)ccn1. The summed E-state index contributed by atoms with van der Waals surface area (Å²) >= 11 is 0. The van der Waals surface area contributed by atoms with Crippen LogP contribution in [-0.4, -0.2) is 15.0 Å². The molecule has 1 atom stereocenters. The van der Waals surface area contributed by atoms with Crippen molar-refractivity contribution in [1.82, 2.24) is 15.0 Å². The molecule has 4 nitrogen and oxygen atoms in total. The van der Waals surface area contributed by atoms with Gasteiger partial charge in [0.25, 0.3) is 0 Å². The molecule has 0 aliphatic heterocycles. The fraction of sp³-hybridized carbons (Fsp3) is 0.250. The lowest BCUT2D eigenvalue weighted by atomic mass is 10.1. The molecule has 0 amide bonds. The smallest absolute Gasteiger partial charge is 0.139 e. The normalized spacial score (nSPS) is 12.5. The molecule has 0 aliphatic rings. The Balaban J connectivity index is 1.87. The maximum atomic E-state index is 4.58. The first-order chi connectivity index (χ1) is 9.76. The molecule has 3 aromatic rings. The Morgan fingerprint density at radius 1 is 1.25 bits per heavy atom. The summed E-state index contributed by atoms with van der Waals surface area (Å²) in [6, 6.07) is 10.4. The second kappa shape index (κ2) is 5.33. The molecular weight excluding hydrogens is 248 g/mol. The van der Waals surface area contributed by atoms with Crippen LogP contribution in [0.3, 0.4) is 0 Å². The van der Waals surface area contributed by atoms with Crippen LogP contribution in [0, 0.1) is 6.92 Å². The van der Waals surface area contributed by atoms with Gasteiger partial charge in [-0.3, -0.25) is 4.98 Å². The van der Waals surface area contributed by atoms with E-state index in [-0.39, 0.29) is 6.04 Å². The van der Waals surface area contributed by atoms with Gasteiger partial charge in [0.2, 0.25) is 0 Å².